The number of halogens is 2. The summed E-state index contributed by atoms with van der Waals surface area (Å²) in [6.07, 6.45) is 1.05. The number of benzene rings is 2. The number of aryl methyl sites for hydroxylation is 1. The first kappa shape index (κ1) is 23.7. The Bertz CT molecular complexity index is 1800. The molecule has 0 aliphatic heterocycles. The number of carbonyl (C=O) groups excluding carboxylic acids is 1. The molecule has 0 radical (unpaired) electrons. The van der Waals surface area contributed by atoms with Crippen molar-refractivity contribution in [1.29, 1.82) is 0 Å². The number of thiazole rings is 1. The normalized spacial score (nSPS) is 11.9. The minimum atomic E-state index is -3.52. The van der Waals surface area contributed by atoms with Crippen LogP contribution in [0.25, 0.3) is 26.6 Å². The predicted octanol–water partition coefficient (Wildman–Crippen LogP) is 4.98. The largest absolute Gasteiger partial charge is 0.503 e. The van der Waals surface area contributed by atoms with Gasteiger partial charge in [0.1, 0.15) is 17.4 Å². The molecule has 0 aliphatic carbocycles. The highest BCUT2D eigenvalue weighted by Gasteiger charge is 2.33. The summed E-state index contributed by atoms with van der Waals surface area (Å²) in [6.45, 7) is 1.60. The van der Waals surface area contributed by atoms with Crippen LogP contribution in [0.5, 0.6) is 11.6 Å². The maximum atomic E-state index is 15.0. The number of fused-ring (bicyclic) bond motifs is 1. The lowest BCUT2D eigenvalue weighted by molar-refractivity contribution is 0.101. The third-order valence-corrected chi connectivity index (χ3v) is 7.58. The number of sulfone groups is 1. The van der Waals surface area contributed by atoms with Gasteiger partial charge in [0, 0.05) is 17.9 Å². The van der Waals surface area contributed by atoms with Gasteiger partial charge in [-0.1, -0.05) is 11.3 Å². The molecule has 8 nitrogen and oxygen atoms in total. The van der Waals surface area contributed by atoms with E-state index in [4.69, 9.17) is 4.42 Å². The van der Waals surface area contributed by atoms with Crippen molar-refractivity contribution >= 4 is 37.2 Å². The van der Waals surface area contributed by atoms with Crippen LogP contribution < -0.4 is 0 Å². The van der Waals surface area contributed by atoms with Gasteiger partial charge in [0.25, 0.3) is 0 Å². The highest BCUT2D eigenvalue weighted by atomic mass is 32.2. The van der Waals surface area contributed by atoms with E-state index in [0.29, 0.717) is 22.0 Å². The molecule has 0 unspecified atom stereocenters. The van der Waals surface area contributed by atoms with Crippen molar-refractivity contribution in [3.8, 4) is 28.0 Å². The highest BCUT2D eigenvalue weighted by Crippen LogP contribution is 2.46. The summed E-state index contributed by atoms with van der Waals surface area (Å²) in [6, 6.07) is 9.73. The van der Waals surface area contributed by atoms with Crippen LogP contribution in [0.15, 0.2) is 57.8 Å². The Hall–Kier alpha value is -4.03. The molecule has 0 aliphatic rings. The molecule has 5 rings (SSSR count). The molecular formula is C24H16F2N2O6S2. The lowest BCUT2D eigenvalue weighted by Crippen LogP contribution is -2.05. The summed E-state index contributed by atoms with van der Waals surface area (Å²) >= 11 is 0.931. The average molecular weight is 531 g/mol. The first-order valence-corrected chi connectivity index (χ1v) is 13.0. The molecular weight excluding hydrogens is 514 g/mol. The Kier molecular flexibility index (Phi) is 5.45. The molecule has 0 amide bonds. The Morgan fingerprint density at radius 1 is 1.08 bits per heavy atom. The summed E-state index contributed by atoms with van der Waals surface area (Å²) in [7, 11) is -3.52. The smallest absolute Gasteiger partial charge is 0.242 e. The minimum Gasteiger partial charge on any atom is -0.503 e. The van der Waals surface area contributed by atoms with E-state index in [2.05, 4.69) is 4.98 Å². The van der Waals surface area contributed by atoms with Gasteiger partial charge in [-0.25, -0.2) is 22.2 Å². The molecule has 0 saturated carbocycles. The van der Waals surface area contributed by atoms with Crippen LogP contribution in [0.1, 0.15) is 21.9 Å². The second-order valence-corrected chi connectivity index (χ2v) is 11.0. The fourth-order valence-electron chi connectivity index (χ4n) is 3.78. The van der Waals surface area contributed by atoms with E-state index >= 15 is 0 Å². The second kappa shape index (κ2) is 8.28. The molecule has 0 atom stereocenters. The molecule has 0 saturated heterocycles. The molecule has 3 heterocycles. The first-order valence-electron chi connectivity index (χ1n) is 10.3. The average Bonchev–Trinajstić information content (AvgIpc) is 3.49. The number of hydrogen-bond acceptors (Lipinski definition) is 8. The van der Waals surface area contributed by atoms with E-state index in [1.807, 2.05) is 0 Å². The van der Waals surface area contributed by atoms with Gasteiger partial charge in [0.15, 0.2) is 26.5 Å². The van der Waals surface area contributed by atoms with E-state index < -0.39 is 44.4 Å². The fraction of sp³-hybridized carbons (Fsp3) is 0.0833. The number of hydrogen-bond donors (Lipinski definition) is 2. The van der Waals surface area contributed by atoms with Crippen molar-refractivity contribution in [3.05, 3.63) is 77.2 Å². The van der Waals surface area contributed by atoms with Crippen LogP contribution in [0, 0.1) is 18.6 Å². The molecule has 0 fully saturated rings. The Balaban J connectivity index is 1.82. The van der Waals surface area contributed by atoms with Crippen molar-refractivity contribution in [2.45, 2.75) is 11.8 Å². The lowest BCUT2D eigenvalue weighted by atomic mass is 10.0. The molecule has 2 N–H and O–H groups in total. The monoisotopic (exact) mass is 530 g/mol. The summed E-state index contributed by atoms with van der Waals surface area (Å²) in [5.74, 6) is -4.22. The third-order valence-electron chi connectivity index (χ3n) is 5.47. The van der Waals surface area contributed by atoms with Crippen molar-refractivity contribution in [2.75, 3.05) is 6.26 Å². The summed E-state index contributed by atoms with van der Waals surface area (Å²) in [5, 5.41) is 21.7. The van der Waals surface area contributed by atoms with E-state index in [1.54, 1.807) is 6.92 Å². The topological polar surface area (TPSA) is 123 Å². The molecule has 0 spiro atoms. The van der Waals surface area contributed by atoms with Gasteiger partial charge >= 0.3 is 0 Å². The van der Waals surface area contributed by atoms with Crippen LogP contribution in [0.3, 0.4) is 0 Å². The van der Waals surface area contributed by atoms with Crippen LogP contribution in [0.2, 0.25) is 0 Å². The van der Waals surface area contributed by atoms with E-state index in [-0.39, 0.29) is 27.0 Å². The fourth-order valence-corrected chi connectivity index (χ4v) is 5.52. The van der Waals surface area contributed by atoms with Gasteiger partial charge in [0.05, 0.1) is 26.4 Å². The highest BCUT2D eigenvalue weighted by molar-refractivity contribution is 7.90. The minimum absolute atomic E-state index is 0.00292. The van der Waals surface area contributed by atoms with Crippen LogP contribution in [-0.4, -0.2) is 40.2 Å². The standard InChI is InChI=1S/C24H16F2N2O6S2/c1-11-3-8-17(34-11)21(29)19-20(14-6-4-12(25)9-15(14)26)28(23(31)22(19)30)24-27-16-7-5-13(36(2,32)33)10-18(16)35-24/h3-10,30-31H,1-2H3. The summed E-state index contributed by atoms with van der Waals surface area (Å²) in [4.78, 5) is 17.7. The first-order chi connectivity index (χ1) is 17.0. The molecule has 3 aromatic heterocycles. The van der Waals surface area contributed by atoms with E-state index in [0.717, 1.165) is 34.3 Å². The van der Waals surface area contributed by atoms with Crippen molar-refractivity contribution in [2.24, 2.45) is 0 Å². The Labute approximate surface area is 206 Å². The molecule has 12 heteroatoms. The van der Waals surface area contributed by atoms with E-state index in [1.165, 1.54) is 30.3 Å². The zero-order valence-corrected chi connectivity index (χ0v) is 20.2. The van der Waals surface area contributed by atoms with Gasteiger partial charge in [-0.2, -0.15) is 0 Å². The zero-order chi connectivity index (χ0) is 25.9. The lowest BCUT2D eigenvalue weighted by Gasteiger charge is -2.10. The number of ketones is 1. The number of aromatic hydroxyl groups is 2. The van der Waals surface area contributed by atoms with Gasteiger partial charge in [0.2, 0.25) is 11.7 Å². The van der Waals surface area contributed by atoms with Gasteiger partial charge < -0.3 is 14.6 Å². The van der Waals surface area contributed by atoms with Gasteiger partial charge in [-0.05, 0) is 49.4 Å². The van der Waals surface area contributed by atoms with Crippen LogP contribution in [-0.2, 0) is 9.84 Å². The predicted molar refractivity (Wildman–Crippen MR) is 128 cm³/mol. The maximum Gasteiger partial charge on any atom is 0.242 e. The number of furan rings is 1. The van der Waals surface area contributed by atoms with E-state index in [9.17, 15) is 32.2 Å². The molecule has 0 bridgehead atoms. The molecule has 5 aromatic rings. The van der Waals surface area contributed by atoms with Crippen LogP contribution >= 0.6 is 11.3 Å². The number of carbonyl (C=O) groups is 1. The second-order valence-electron chi connectivity index (χ2n) is 7.99. The number of rotatable bonds is 5. The summed E-state index contributed by atoms with van der Waals surface area (Å²) in [5.41, 5.74) is -0.711. The van der Waals surface area contributed by atoms with Gasteiger partial charge in [-0.3, -0.25) is 9.36 Å². The Morgan fingerprint density at radius 3 is 2.47 bits per heavy atom. The number of aromatic nitrogens is 2. The SMILES string of the molecule is Cc1ccc(C(=O)c2c(O)c(O)n(-c3nc4ccc(S(C)(=O)=O)cc4s3)c2-c2ccc(F)cc2F)o1. The molecule has 2 aromatic carbocycles. The van der Waals surface area contributed by atoms with Crippen molar-refractivity contribution < 1.29 is 36.6 Å². The van der Waals surface area contributed by atoms with Gasteiger partial charge in [-0.15, -0.1) is 0 Å². The number of nitrogens with zero attached hydrogens (tertiary/aromatic N) is 2. The third kappa shape index (κ3) is 3.84. The Morgan fingerprint density at radius 2 is 1.83 bits per heavy atom. The molecule has 36 heavy (non-hydrogen) atoms. The zero-order valence-electron chi connectivity index (χ0n) is 18.6. The van der Waals surface area contributed by atoms with Crippen molar-refractivity contribution in [3.63, 3.8) is 0 Å². The quantitative estimate of drug-likeness (QED) is 0.307. The molecule has 184 valence electrons. The van der Waals surface area contributed by atoms with Crippen molar-refractivity contribution in [1.82, 2.24) is 9.55 Å². The summed E-state index contributed by atoms with van der Waals surface area (Å²) < 4.78 is 59.3. The maximum absolute atomic E-state index is 15.0. The van der Waals surface area contributed by atoms with Crippen LogP contribution in [0.4, 0.5) is 8.78 Å².